The van der Waals surface area contributed by atoms with Crippen LogP contribution in [0.2, 0.25) is 5.02 Å². The molecule has 7 nitrogen and oxygen atoms in total. The first-order chi connectivity index (χ1) is 14.5. The molecule has 0 bridgehead atoms. The van der Waals surface area contributed by atoms with Gasteiger partial charge < -0.3 is 15.1 Å². The third kappa shape index (κ3) is 4.74. The number of carbonyl (C=O) groups excluding carboxylic acids is 3. The van der Waals surface area contributed by atoms with Crippen LogP contribution in [0.1, 0.15) is 18.4 Å². The Morgan fingerprint density at radius 2 is 1.77 bits per heavy atom. The van der Waals surface area contributed by atoms with Crippen molar-refractivity contribution >= 4 is 35.1 Å². The molecule has 0 aromatic heterocycles. The minimum absolute atomic E-state index is 0.00556. The molecule has 156 valence electrons. The maximum absolute atomic E-state index is 12.8. The fourth-order valence-corrected chi connectivity index (χ4v) is 3.56. The molecule has 2 aromatic rings. The zero-order valence-corrected chi connectivity index (χ0v) is 17.2. The highest BCUT2D eigenvalue weighted by atomic mass is 35.5. The lowest BCUT2D eigenvalue weighted by atomic mass is 10.2. The van der Waals surface area contributed by atoms with Crippen LogP contribution in [-0.4, -0.2) is 53.4 Å². The number of nitrogens with one attached hydrogen (secondary N) is 1. The molecule has 1 aliphatic carbocycles. The fraction of sp³-hybridized carbons (Fsp3) is 0.318. The van der Waals surface area contributed by atoms with Crippen LogP contribution in [0.4, 0.5) is 10.5 Å². The van der Waals surface area contributed by atoms with E-state index >= 15 is 0 Å². The van der Waals surface area contributed by atoms with Gasteiger partial charge in [-0.05, 0) is 42.7 Å². The second-order valence-corrected chi connectivity index (χ2v) is 7.97. The summed E-state index contributed by atoms with van der Waals surface area (Å²) < 4.78 is 0. The van der Waals surface area contributed by atoms with Crippen molar-refractivity contribution in [2.45, 2.75) is 25.4 Å². The first-order valence-electron chi connectivity index (χ1n) is 9.93. The standard InChI is InChI=1S/C22H23ClN4O3/c23-17-6-8-19(9-7-17)27-15-25(13-21(27)29)20(28)14-26(18-10-11-18)22(30)24-12-16-4-2-1-3-5-16/h1-9,18H,10-15H2,(H,24,30). The highest BCUT2D eigenvalue weighted by molar-refractivity contribution is 6.30. The van der Waals surface area contributed by atoms with Crippen LogP contribution in [0, 0.1) is 0 Å². The zero-order valence-electron chi connectivity index (χ0n) is 16.5. The van der Waals surface area contributed by atoms with Crippen molar-refractivity contribution in [2.75, 3.05) is 24.7 Å². The van der Waals surface area contributed by atoms with Gasteiger partial charge in [0.15, 0.2) is 0 Å². The minimum Gasteiger partial charge on any atom is -0.334 e. The number of hydrogen-bond donors (Lipinski definition) is 1. The molecular weight excluding hydrogens is 404 g/mol. The monoisotopic (exact) mass is 426 g/mol. The molecule has 30 heavy (non-hydrogen) atoms. The largest absolute Gasteiger partial charge is 0.334 e. The number of halogens is 1. The Morgan fingerprint density at radius 1 is 1.07 bits per heavy atom. The van der Waals surface area contributed by atoms with Crippen molar-refractivity contribution in [2.24, 2.45) is 0 Å². The van der Waals surface area contributed by atoms with E-state index in [2.05, 4.69) is 5.32 Å². The summed E-state index contributed by atoms with van der Waals surface area (Å²) in [5, 5.41) is 3.47. The molecule has 2 aliphatic rings. The van der Waals surface area contributed by atoms with Gasteiger partial charge in [-0.2, -0.15) is 0 Å². The van der Waals surface area contributed by atoms with Gasteiger partial charge >= 0.3 is 6.03 Å². The number of hydrogen-bond acceptors (Lipinski definition) is 3. The molecule has 0 unspecified atom stereocenters. The molecule has 2 fully saturated rings. The van der Waals surface area contributed by atoms with E-state index in [9.17, 15) is 14.4 Å². The van der Waals surface area contributed by atoms with Crippen LogP contribution in [-0.2, 0) is 16.1 Å². The van der Waals surface area contributed by atoms with E-state index in [1.807, 2.05) is 30.3 Å². The van der Waals surface area contributed by atoms with Gasteiger partial charge in [0, 0.05) is 23.3 Å². The van der Waals surface area contributed by atoms with Gasteiger partial charge in [-0.1, -0.05) is 41.9 Å². The Balaban J connectivity index is 1.36. The smallest absolute Gasteiger partial charge is 0.318 e. The van der Waals surface area contributed by atoms with Gasteiger partial charge in [0.25, 0.3) is 0 Å². The molecule has 4 rings (SSSR count). The highest BCUT2D eigenvalue weighted by Gasteiger charge is 2.37. The Bertz CT molecular complexity index is 931. The van der Waals surface area contributed by atoms with Crippen LogP contribution in [0.15, 0.2) is 54.6 Å². The molecule has 4 amide bonds. The Kier molecular flexibility index (Phi) is 5.90. The maximum Gasteiger partial charge on any atom is 0.318 e. The predicted molar refractivity (Wildman–Crippen MR) is 114 cm³/mol. The van der Waals surface area contributed by atoms with Gasteiger partial charge in [0.05, 0.1) is 0 Å². The Morgan fingerprint density at radius 3 is 2.43 bits per heavy atom. The first kappa shape index (κ1) is 20.2. The van der Waals surface area contributed by atoms with Crippen molar-refractivity contribution in [1.29, 1.82) is 0 Å². The van der Waals surface area contributed by atoms with E-state index in [0.717, 1.165) is 18.4 Å². The molecule has 1 heterocycles. The lowest BCUT2D eigenvalue weighted by Gasteiger charge is -2.25. The van der Waals surface area contributed by atoms with Crippen molar-refractivity contribution in [1.82, 2.24) is 15.1 Å². The fourth-order valence-electron chi connectivity index (χ4n) is 3.44. The molecule has 8 heteroatoms. The summed E-state index contributed by atoms with van der Waals surface area (Å²) in [6, 6.07) is 16.4. The van der Waals surface area contributed by atoms with E-state index in [1.54, 1.807) is 34.1 Å². The van der Waals surface area contributed by atoms with Crippen LogP contribution >= 0.6 is 11.6 Å². The Hall–Kier alpha value is -3.06. The number of anilines is 1. The molecule has 0 atom stereocenters. The van der Waals surface area contributed by atoms with Gasteiger partial charge in [-0.25, -0.2) is 4.79 Å². The van der Waals surface area contributed by atoms with Gasteiger partial charge in [0.2, 0.25) is 11.8 Å². The molecule has 0 radical (unpaired) electrons. The number of amides is 4. The SMILES string of the molecule is O=C(CN(C(=O)NCc1ccccc1)C1CC1)N1CC(=O)N(c2ccc(Cl)cc2)C1. The molecule has 1 saturated heterocycles. The van der Waals surface area contributed by atoms with Crippen LogP contribution in [0.5, 0.6) is 0 Å². The predicted octanol–water partition coefficient (Wildman–Crippen LogP) is 2.85. The average Bonchev–Trinajstić information content (AvgIpc) is 3.52. The summed E-state index contributed by atoms with van der Waals surface area (Å²) in [6.07, 6.45) is 1.78. The van der Waals surface area contributed by atoms with E-state index in [4.69, 9.17) is 11.6 Å². The molecule has 1 N–H and O–H groups in total. The van der Waals surface area contributed by atoms with Gasteiger partial charge in [0.1, 0.15) is 19.8 Å². The average molecular weight is 427 g/mol. The normalized spacial score (nSPS) is 16.0. The maximum atomic E-state index is 12.8. The van der Waals surface area contributed by atoms with E-state index in [0.29, 0.717) is 17.3 Å². The molecule has 2 aromatic carbocycles. The van der Waals surface area contributed by atoms with Crippen molar-refractivity contribution in [3.63, 3.8) is 0 Å². The zero-order chi connectivity index (χ0) is 21.1. The van der Waals surface area contributed by atoms with Gasteiger partial charge in [-0.15, -0.1) is 0 Å². The summed E-state index contributed by atoms with van der Waals surface area (Å²) in [5.74, 6) is -0.390. The quantitative estimate of drug-likeness (QED) is 0.772. The second kappa shape index (κ2) is 8.75. The highest BCUT2D eigenvalue weighted by Crippen LogP contribution is 2.27. The van der Waals surface area contributed by atoms with E-state index in [1.165, 1.54) is 4.90 Å². The summed E-state index contributed by atoms with van der Waals surface area (Å²) >= 11 is 5.91. The summed E-state index contributed by atoms with van der Waals surface area (Å²) in [4.78, 5) is 42.6. The molecule has 1 saturated carbocycles. The summed E-state index contributed by atoms with van der Waals surface area (Å²) in [6.45, 7) is 0.547. The van der Waals surface area contributed by atoms with E-state index < -0.39 is 0 Å². The van der Waals surface area contributed by atoms with Crippen LogP contribution in [0.3, 0.4) is 0 Å². The molecular formula is C22H23ClN4O3. The summed E-state index contributed by atoms with van der Waals surface area (Å²) in [5.41, 5.74) is 1.69. The first-order valence-corrected chi connectivity index (χ1v) is 10.3. The Labute approximate surface area is 180 Å². The molecule has 0 spiro atoms. The van der Waals surface area contributed by atoms with E-state index in [-0.39, 0.29) is 43.6 Å². The van der Waals surface area contributed by atoms with Crippen molar-refractivity contribution < 1.29 is 14.4 Å². The van der Waals surface area contributed by atoms with Crippen molar-refractivity contribution in [3.8, 4) is 0 Å². The topological polar surface area (TPSA) is 73.0 Å². The van der Waals surface area contributed by atoms with Gasteiger partial charge in [-0.3, -0.25) is 14.5 Å². The minimum atomic E-state index is -0.255. The van der Waals surface area contributed by atoms with Crippen LogP contribution < -0.4 is 10.2 Å². The third-order valence-corrected chi connectivity index (χ3v) is 5.52. The second-order valence-electron chi connectivity index (χ2n) is 7.53. The number of carbonyl (C=O) groups is 3. The lowest BCUT2D eigenvalue weighted by molar-refractivity contribution is -0.132. The number of benzene rings is 2. The number of urea groups is 1. The lowest BCUT2D eigenvalue weighted by Crippen LogP contribution is -2.47. The third-order valence-electron chi connectivity index (χ3n) is 5.27. The number of rotatable bonds is 6. The number of nitrogens with zero attached hydrogens (tertiary/aromatic N) is 3. The van der Waals surface area contributed by atoms with Crippen molar-refractivity contribution in [3.05, 3.63) is 65.2 Å². The molecule has 1 aliphatic heterocycles. The van der Waals surface area contributed by atoms with Crippen LogP contribution in [0.25, 0.3) is 0 Å². The summed E-state index contributed by atoms with van der Waals surface area (Å²) in [7, 11) is 0.